The van der Waals surface area contributed by atoms with E-state index in [0.717, 1.165) is 6.20 Å². The van der Waals surface area contributed by atoms with Gasteiger partial charge in [-0.25, -0.2) is 13.8 Å². The fraction of sp³-hybridized carbons (Fsp3) is 0.0556. The molecule has 25 heavy (non-hydrogen) atoms. The molecule has 7 heteroatoms. The maximum Gasteiger partial charge on any atom is 0.278 e. The summed E-state index contributed by atoms with van der Waals surface area (Å²) >= 11 is 0. The molecule has 0 spiro atoms. The summed E-state index contributed by atoms with van der Waals surface area (Å²) in [5, 5.41) is 0. The second-order valence-electron chi connectivity index (χ2n) is 5.64. The zero-order valence-electron chi connectivity index (χ0n) is 13.1. The van der Waals surface area contributed by atoms with Crippen LogP contribution in [0.1, 0.15) is 0 Å². The second kappa shape index (κ2) is 5.62. The van der Waals surface area contributed by atoms with Crippen molar-refractivity contribution in [3.05, 3.63) is 77.2 Å². The van der Waals surface area contributed by atoms with Gasteiger partial charge < -0.3 is 4.57 Å². The SMILES string of the molecule is Cn1ccc2c(ncn2-c2ccc(F)c(-c3cncc(F)c3)c2)c1=O. The Hall–Kier alpha value is -3.35. The highest BCUT2D eigenvalue weighted by molar-refractivity contribution is 5.77. The molecule has 0 aliphatic carbocycles. The van der Waals surface area contributed by atoms with Gasteiger partial charge in [0.05, 0.1) is 11.7 Å². The number of imidazole rings is 1. The van der Waals surface area contributed by atoms with E-state index in [9.17, 15) is 13.6 Å². The van der Waals surface area contributed by atoms with Gasteiger partial charge in [-0.3, -0.25) is 14.3 Å². The van der Waals surface area contributed by atoms with E-state index in [1.165, 1.54) is 29.2 Å². The highest BCUT2D eigenvalue weighted by Crippen LogP contribution is 2.26. The lowest BCUT2D eigenvalue weighted by atomic mass is 10.1. The van der Waals surface area contributed by atoms with Crippen LogP contribution >= 0.6 is 0 Å². The summed E-state index contributed by atoms with van der Waals surface area (Å²) in [6, 6.07) is 7.42. The molecule has 0 aliphatic rings. The molecule has 0 aliphatic heterocycles. The van der Waals surface area contributed by atoms with Crippen LogP contribution in [0, 0.1) is 11.6 Å². The van der Waals surface area contributed by atoms with Gasteiger partial charge in [-0.1, -0.05) is 0 Å². The van der Waals surface area contributed by atoms with Crippen molar-refractivity contribution in [2.75, 3.05) is 0 Å². The second-order valence-corrected chi connectivity index (χ2v) is 5.64. The third-order valence-electron chi connectivity index (χ3n) is 4.03. The fourth-order valence-electron chi connectivity index (χ4n) is 2.75. The summed E-state index contributed by atoms with van der Waals surface area (Å²) in [4.78, 5) is 20.0. The summed E-state index contributed by atoms with van der Waals surface area (Å²) in [6.07, 6.45) is 5.61. The Kier molecular flexibility index (Phi) is 3.42. The number of aryl methyl sites for hydroxylation is 1. The summed E-state index contributed by atoms with van der Waals surface area (Å²) in [7, 11) is 1.65. The van der Waals surface area contributed by atoms with Crippen LogP contribution in [-0.4, -0.2) is 19.1 Å². The Morgan fingerprint density at radius 1 is 1.08 bits per heavy atom. The van der Waals surface area contributed by atoms with E-state index in [1.807, 2.05) is 0 Å². The van der Waals surface area contributed by atoms with Gasteiger partial charge in [0.25, 0.3) is 5.56 Å². The van der Waals surface area contributed by atoms with Crippen molar-refractivity contribution in [2.45, 2.75) is 0 Å². The zero-order chi connectivity index (χ0) is 17.6. The van der Waals surface area contributed by atoms with Crippen molar-refractivity contribution < 1.29 is 8.78 Å². The largest absolute Gasteiger partial charge is 0.317 e. The molecule has 0 saturated carbocycles. The van der Waals surface area contributed by atoms with E-state index in [1.54, 1.807) is 36.0 Å². The van der Waals surface area contributed by atoms with Crippen LogP contribution < -0.4 is 5.56 Å². The van der Waals surface area contributed by atoms with E-state index in [-0.39, 0.29) is 11.1 Å². The number of hydrogen-bond acceptors (Lipinski definition) is 3. The first-order valence-electron chi connectivity index (χ1n) is 7.48. The van der Waals surface area contributed by atoms with Crippen LogP contribution in [0.15, 0.2) is 60.0 Å². The Morgan fingerprint density at radius 3 is 2.72 bits per heavy atom. The van der Waals surface area contributed by atoms with Crippen LogP contribution in [-0.2, 0) is 7.05 Å². The summed E-state index contributed by atoms with van der Waals surface area (Å²) in [5.74, 6) is -1.03. The number of nitrogens with zero attached hydrogens (tertiary/aromatic N) is 4. The molecule has 4 rings (SSSR count). The third-order valence-corrected chi connectivity index (χ3v) is 4.03. The number of benzene rings is 1. The van der Waals surface area contributed by atoms with Crippen molar-refractivity contribution in [1.82, 2.24) is 19.1 Å². The lowest BCUT2D eigenvalue weighted by Crippen LogP contribution is -2.15. The molecule has 124 valence electrons. The summed E-state index contributed by atoms with van der Waals surface area (Å²) < 4.78 is 30.8. The van der Waals surface area contributed by atoms with Crippen LogP contribution in [0.5, 0.6) is 0 Å². The van der Waals surface area contributed by atoms with E-state index in [0.29, 0.717) is 22.3 Å². The molecule has 0 amide bonds. The summed E-state index contributed by atoms with van der Waals surface area (Å²) in [5.41, 5.74) is 1.88. The molecule has 0 atom stereocenters. The van der Waals surface area contributed by atoms with Crippen molar-refractivity contribution in [1.29, 1.82) is 0 Å². The number of rotatable bonds is 2. The van der Waals surface area contributed by atoms with Gasteiger partial charge >= 0.3 is 0 Å². The van der Waals surface area contributed by atoms with Gasteiger partial charge in [0.15, 0.2) is 5.52 Å². The lowest BCUT2D eigenvalue weighted by molar-refractivity contribution is 0.619. The van der Waals surface area contributed by atoms with Gasteiger partial charge in [0.1, 0.15) is 18.0 Å². The van der Waals surface area contributed by atoms with E-state index >= 15 is 0 Å². The molecule has 4 aromatic rings. The van der Waals surface area contributed by atoms with Crippen LogP contribution in [0.25, 0.3) is 27.8 Å². The molecule has 0 saturated heterocycles. The first-order chi connectivity index (χ1) is 12.0. The first kappa shape index (κ1) is 15.2. The average Bonchev–Trinajstić information content (AvgIpc) is 3.03. The number of pyridine rings is 2. The van der Waals surface area contributed by atoms with Crippen LogP contribution in [0.3, 0.4) is 0 Å². The first-order valence-corrected chi connectivity index (χ1v) is 7.48. The van der Waals surface area contributed by atoms with Gasteiger partial charge in [-0.2, -0.15) is 0 Å². The molecule has 3 aromatic heterocycles. The number of halogens is 2. The standard InChI is InChI=1S/C18H12F2N4O/c1-23-5-4-16-17(18(23)25)22-10-24(16)13-2-3-15(20)14(7-13)11-6-12(19)9-21-8-11/h2-10H,1H3. The maximum atomic E-state index is 14.2. The van der Waals surface area contributed by atoms with Crippen molar-refractivity contribution >= 4 is 11.0 Å². The maximum absolute atomic E-state index is 14.2. The highest BCUT2D eigenvalue weighted by atomic mass is 19.1. The Balaban J connectivity index is 1.92. The minimum atomic E-state index is -0.543. The molecular weight excluding hydrogens is 326 g/mol. The van der Waals surface area contributed by atoms with Crippen molar-refractivity contribution in [3.8, 4) is 16.8 Å². The Labute approximate surface area is 140 Å². The quantitative estimate of drug-likeness (QED) is 0.564. The highest BCUT2D eigenvalue weighted by Gasteiger charge is 2.12. The van der Waals surface area contributed by atoms with Crippen LogP contribution in [0.4, 0.5) is 8.78 Å². The number of fused-ring (bicyclic) bond motifs is 1. The van der Waals surface area contributed by atoms with Gasteiger partial charge in [-0.05, 0) is 30.3 Å². The third kappa shape index (κ3) is 2.50. The Bertz CT molecular complexity index is 1160. The number of hydrogen-bond donors (Lipinski definition) is 0. The van der Waals surface area contributed by atoms with E-state index in [2.05, 4.69) is 9.97 Å². The lowest BCUT2D eigenvalue weighted by Gasteiger charge is -2.09. The van der Waals surface area contributed by atoms with Gasteiger partial charge in [-0.15, -0.1) is 0 Å². The Morgan fingerprint density at radius 2 is 1.92 bits per heavy atom. The van der Waals surface area contributed by atoms with E-state index < -0.39 is 11.6 Å². The molecule has 0 bridgehead atoms. The van der Waals surface area contributed by atoms with Crippen LogP contribution in [0.2, 0.25) is 0 Å². The van der Waals surface area contributed by atoms with Gasteiger partial charge in [0, 0.05) is 36.3 Å². The predicted octanol–water partition coefficient (Wildman–Crippen LogP) is 3.06. The molecule has 0 fully saturated rings. The fourth-order valence-corrected chi connectivity index (χ4v) is 2.75. The molecule has 0 N–H and O–H groups in total. The molecule has 3 heterocycles. The zero-order valence-corrected chi connectivity index (χ0v) is 13.1. The monoisotopic (exact) mass is 338 g/mol. The molecule has 1 aromatic carbocycles. The van der Waals surface area contributed by atoms with Crippen molar-refractivity contribution in [2.24, 2.45) is 7.05 Å². The van der Waals surface area contributed by atoms with Crippen molar-refractivity contribution in [3.63, 3.8) is 0 Å². The minimum absolute atomic E-state index is 0.215. The minimum Gasteiger partial charge on any atom is -0.317 e. The normalized spacial score (nSPS) is 11.2. The molecule has 0 unspecified atom stereocenters. The predicted molar refractivity (Wildman–Crippen MR) is 89.5 cm³/mol. The molecular formula is C18H12F2N4O. The average molecular weight is 338 g/mol. The topological polar surface area (TPSA) is 52.7 Å². The van der Waals surface area contributed by atoms with E-state index in [4.69, 9.17) is 0 Å². The number of aromatic nitrogens is 4. The molecule has 5 nitrogen and oxygen atoms in total. The van der Waals surface area contributed by atoms with Gasteiger partial charge in [0.2, 0.25) is 0 Å². The molecule has 0 radical (unpaired) electrons. The summed E-state index contributed by atoms with van der Waals surface area (Å²) in [6.45, 7) is 0. The smallest absolute Gasteiger partial charge is 0.278 e.